The van der Waals surface area contributed by atoms with Crippen molar-refractivity contribution in [3.8, 4) is 5.88 Å². The molecule has 100 valence electrons. The molecule has 18 heavy (non-hydrogen) atoms. The molecule has 0 saturated carbocycles. The van der Waals surface area contributed by atoms with Gasteiger partial charge in [-0.25, -0.2) is 4.98 Å². The molecule has 5 nitrogen and oxygen atoms in total. The van der Waals surface area contributed by atoms with E-state index in [4.69, 9.17) is 15.2 Å². The molecule has 0 radical (unpaired) electrons. The molecule has 1 saturated heterocycles. The highest BCUT2D eigenvalue weighted by Gasteiger charge is 2.23. The number of methoxy groups -OCH3 is 1. The van der Waals surface area contributed by atoms with Gasteiger partial charge in [-0.05, 0) is 13.0 Å². The molecular formula is C13H21N3O2. The van der Waals surface area contributed by atoms with E-state index in [1.54, 1.807) is 13.3 Å². The van der Waals surface area contributed by atoms with Gasteiger partial charge in [-0.2, -0.15) is 0 Å². The van der Waals surface area contributed by atoms with Gasteiger partial charge in [-0.3, -0.25) is 4.90 Å². The molecule has 5 heteroatoms. The zero-order chi connectivity index (χ0) is 13.0. The van der Waals surface area contributed by atoms with Crippen LogP contribution in [0.2, 0.25) is 0 Å². The Kier molecular flexibility index (Phi) is 4.52. The lowest BCUT2D eigenvalue weighted by Gasteiger charge is -2.34. The van der Waals surface area contributed by atoms with Crippen LogP contribution >= 0.6 is 0 Å². The fourth-order valence-electron chi connectivity index (χ4n) is 2.16. The van der Waals surface area contributed by atoms with E-state index in [9.17, 15) is 0 Å². The number of rotatable bonds is 4. The Balaban J connectivity index is 2.00. The number of aromatic nitrogens is 1. The minimum Gasteiger partial charge on any atom is -0.481 e. The Morgan fingerprint density at radius 3 is 3.22 bits per heavy atom. The molecule has 0 aliphatic carbocycles. The molecule has 2 unspecified atom stereocenters. The van der Waals surface area contributed by atoms with Crippen molar-refractivity contribution in [2.45, 2.75) is 25.6 Å². The number of hydrogen-bond acceptors (Lipinski definition) is 5. The number of pyridine rings is 1. The van der Waals surface area contributed by atoms with Crippen molar-refractivity contribution in [1.29, 1.82) is 0 Å². The van der Waals surface area contributed by atoms with Crippen LogP contribution in [0.4, 0.5) is 0 Å². The Morgan fingerprint density at radius 1 is 1.67 bits per heavy atom. The average molecular weight is 251 g/mol. The summed E-state index contributed by atoms with van der Waals surface area (Å²) in [5, 5.41) is 0. The number of nitrogens with zero attached hydrogens (tertiary/aromatic N) is 2. The van der Waals surface area contributed by atoms with Crippen molar-refractivity contribution >= 4 is 0 Å². The van der Waals surface area contributed by atoms with Crippen LogP contribution in [-0.4, -0.2) is 48.8 Å². The third-order valence-corrected chi connectivity index (χ3v) is 3.20. The van der Waals surface area contributed by atoms with Crippen LogP contribution in [0.3, 0.4) is 0 Å². The van der Waals surface area contributed by atoms with Crippen molar-refractivity contribution < 1.29 is 9.47 Å². The molecule has 0 aromatic carbocycles. The van der Waals surface area contributed by atoms with Gasteiger partial charge in [-0.1, -0.05) is 6.07 Å². The summed E-state index contributed by atoms with van der Waals surface area (Å²) in [6.07, 6.45) is 1.85. The predicted octanol–water partition coefficient (Wildman–Crippen LogP) is 0.638. The highest BCUT2D eigenvalue weighted by molar-refractivity contribution is 5.25. The zero-order valence-electron chi connectivity index (χ0n) is 11.0. The first-order valence-electron chi connectivity index (χ1n) is 6.28. The van der Waals surface area contributed by atoms with Gasteiger partial charge < -0.3 is 15.2 Å². The first-order valence-corrected chi connectivity index (χ1v) is 6.28. The van der Waals surface area contributed by atoms with Crippen molar-refractivity contribution in [3.05, 3.63) is 23.9 Å². The van der Waals surface area contributed by atoms with Gasteiger partial charge in [0.05, 0.1) is 19.8 Å². The van der Waals surface area contributed by atoms with Gasteiger partial charge in [0, 0.05) is 37.4 Å². The third-order valence-electron chi connectivity index (χ3n) is 3.20. The van der Waals surface area contributed by atoms with Crippen molar-refractivity contribution in [2.75, 3.05) is 26.8 Å². The molecule has 0 amide bonds. The largest absolute Gasteiger partial charge is 0.481 e. The molecule has 2 rings (SSSR count). The minimum atomic E-state index is 0.0589. The molecule has 0 bridgehead atoms. The lowest BCUT2D eigenvalue weighted by Crippen LogP contribution is -2.49. The number of ether oxygens (including phenoxy) is 2. The second-order valence-electron chi connectivity index (χ2n) is 4.68. The van der Waals surface area contributed by atoms with Gasteiger partial charge in [0.1, 0.15) is 0 Å². The molecule has 1 aliphatic rings. The fourth-order valence-corrected chi connectivity index (χ4v) is 2.16. The Morgan fingerprint density at radius 2 is 2.50 bits per heavy atom. The molecule has 0 spiro atoms. The third kappa shape index (κ3) is 3.19. The van der Waals surface area contributed by atoms with Crippen LogP contribution in [0.15, 0.2) is 18.3 Å². The highest BCUT2D eigenvalue weighted by Crippen LogP contribution is 2.18. The van der Waals surface area contributed by atoms with E-state index in [0.717, 1.165) is 31.8 Å². The predicted molar refractivity (Wildman–Crippen MR) is 69.5 cm³/mol. The molecule has 1 aromatic heterocycles. The van der Waals surface area contributed by atoms with Crippen LogP contribution < -0.4 is 10.5 Å². The monoisotopic (exact) mass is 251 g/mol. The Labute approximate surface area is 108 Å². The number of nitrogens with two attached hydrogens (primary N) is 1. The summed E-state index contributed by atoms with van der Waals surface area (Å²) in [5.41, 5.74) is 6.99. The molecule has 2 heterocycles. The van der Waals surface area contributed by atoms with Crippen LogP contribution in [0.25, 0.3) is 0 Å². The van der Waals surface area contributed by atoms with Crippen LogP contribution in [0.1, 0.15) is 12.5 Å². The molecule has 1 aromatic rings. The maximum Gasteiger partial charge on any atom is 0.217 e. The normalized spacial score (nSPS) is 22.7. The maximum atomic E-state index is 5.89. The standard InChI is InChI=1S/C13H21N3O2/c1-10(14)12-9-16(6-7-18-12)8-11-4-3-5-15-13(11)17-2/h3-5,10,12H,6-9,14H2,1-2H3. The zero-order valence-corrected chi connectivity index (χ0v) is 11.0. The first-order chi connectivity index (χ1) is 8.70. The van der Waals surface area contributed by atoms with Crippen LogP contribution in [0.5, 0.6) is 5.88 Å². The van der Waals surface area contributed by atoms with Gasteiger partial charge in [0.25, 0.3) is 0 Å². The highest BCUT2D eigenvalue weighted by atomic mass is 16.5. The smallest absolute Gasteiger partial charge is 0.217 e. The van der Waals surface area contributed by atoms with E-state index >= 15 is 0 Å². The van der Waals surface area contributed by atoms with E-state index in [0.29, 0.717) is 5.88 Å². The van der Waals surface area contributed by atoms with E-state index < -0.39 is 0 Å². The second-order valence-corrected chi connectivity index (χ2v) is 4.68. The summed E-state index contributed by atoms with van der Waals surface area (Å²) in [5.74, 6) is 0.696. The summed E-state index contributed by atoms with van der Waals surface area (Å²) in [4.78, 5) is 6.54. The summed E-state index contributed by atoms with van der Waals surface area (Å²) in [6.45, 7) is 5.31. The lowest BCUT2D eigenvalue weighted by molar-refractivity contribution is -0.0405. The number of hydrogen-bond donors (Lipinski definition) is 1. The van der Waals surface area contributed by atoms with Gasteiger partial charge in [0.2, 0.25) is 5.88 Å². The van der Waals surface area contributed by atoms with Gasteiger partial charge >= 0.3 is 0 Å². The topological polar surface area (TPSA) is 60.6 Å². The quantitative estimate of drug-likeness (QED) is 0.851. The second kappa shape index (κ2) is 6.13. The SMILES string of the molecule is COc1ncccc1CN1CCOC(C(C)N)C1. The van der Waals surface area contributed by atoms with Crippen molar-refractivity contribution in [1.82, 2.24) is 9.88 Å². The van der Waals surface area contributed by atoms with Crippen molar-refractivity contribution in [2.24, 2.45) is 5.73 Å². The lowest BCUT2D eigenvalue weighted by atomic mass is 10.1. The molecule has 1 aliphatic heterocycles. The summed E-state index contributed by atoms with van der Waals surface area (Å²) in [6, 6.07) is 4.03. The minimum absolute atomic E-state index is 0.0589. The summed E-state index contributed by atoms with van der Waals surface area (Å²) in [7, 11) is 1.65. The first kappa shape index (κ1) is 13.3. The molecular weight excluding hydrogens is 230 g/mol. The van der Waals surface area contributed by atoms with Crippen LogP contribution in [-0.2, 0) is 11.3 Å². The van der Waals surface area contributed by atoms with Gasteiger partial charge in [-0.15, -0.1) is 0 Å². The van der Waals surface area contributed by atoms with E-state index in [2.05, 4.69) is 9.88 Å². The van der Waals surface area contributed by atoms with Crippen molar-refractivity contribution in [3.63, 3.8) is 0 Å². The Bertz CT molecular complexity index is 384. The van der Waals surface area contributed by atoms with E-state index in [-0.39, 0.29) is 12.1 Å². The average Bonchev–Trinajstić information content (AvgIpc) is 2.39. The molecule has 1 fully saturated rings. The number of morpholine rings is 1. The van der Waals surface area contributed by atoms with E-state index in [1.165, 1.54) is 0 Å². The van der Waals surface area contributed by atoms with Crippen LogP contribution in [0, 0.1) is 0 Å². The Hall–Kier alpha value is -1.17. The van der Waals surface area contributed by atoms with E-state index in [1.807, 2.05) is 19.1 Å². The molecule has 2 N–H and O–H groups in total. The fraction of sp³-hybridized carbons (Fsp3) is 0.615. The molecule has 2 atom stereocenters. The van der Waals surface area contributed by atoms with Gasteiger partial charge in [0.15, 0.2) is 0 Å². The summed E-state index contributed by atoms with van der Waals surface area (Å²) < 4.78 is 10.9. The summed E-state index contributed by atoms with van der Waals surface area (Å²) >= 11 is 0. The maximum absolute atomic E-state index is 5.89.